The van der Waals surface area contributed by atoms with Crippen LogP contribution in [0.2, 0.25) is 0 Å². The Labute approximate surface area is 136 Å². The molecule has 0 fully saturated rings. The summed E-state index contributed by atoms with van der Waals surface area (Å²) in [4.78, 5) is 2.55. The Hall–Kier alpha value is -0.830. The largest absolute Gasteiger partial charge is 0.590 e. The van der Waals surface area contributed by atoms with Crippen molar-refractivity contribution in [3.63, 3.8) is 0 Å². The summed E-state index contributed by atoms with van der Waals surface area (Å²) in [5.41, 5.74) is -8.48. The third-order valence-electron chi connectivity index (χ3n) is 2.26. The molecule has 0 saturated carbocycles. The summed E-state index contributed by atoms with van der Waals surface area (Å²) in [5.74, 6) is 0. The second-order valence-corrected chi connectivity index (χ2v) is 6.38. The molecule has 0 aliphatic heterocycles. The van der Waals surface area contributed by atoms with Gasteiger partial charge >= 0.3 is 17.9 Å². The van der Waals surface area contributed by atoms with E-state index in [1.54, 1.807) is 0 Å². The van der Waals surface area contributed by atoms with Crippen LogP contribution in [0.5, 0.6) is 0 Å². The molecule has 0 spiro atoms. The van der Waals surface area contributed by atoms with E-state index >= 15 is 0 Å². The van der Waals surface area contributed by atoms with E-state index in [0.717, 1.165) is 0 Å². The first kappa shape index (κ1) is 21.2. The van der Waals surface area contributed by atoms with Gasteiger partial charge in [0.1, 0.15) is 28.9 Å². The normalized spacial score (nSPS) is 15.0. The van der Waals surface area contributed by atoms with Gasteiger partial charge in [0, 0.05) is 6.07 Å². The molecule has 0 bridgehead atoms. The van der Waals surface area contributed by atoms with Crippen molar-refractivity contribution < 1.29 is 48.9 Å². The van der Waals surface area contributed by atoms with E-state index in [0.29, 0.717) is 7.11 Å². The van der Waals surface area contributed by atoms with Gasteiger partial charge in [0.05, 0.1) is 16.5 Å². The summed E-state index contributed by atoms with van der Waals surface area (Å²) in [7, 11) is 0.567. The molecule has 138 valence electrons. The van der Waals surface area contributed by atoms with Crippen LogP contribution in [0.1, 0.15) is 11.1 Å². The summed E-state index contributed by atoms with van der Waals surface area (Å²) in [6.07, 6.45) is -10.3. The van der Waals surface area contributed by atoms with Crippen LogP contribution in [0, 0.1) is 0 Å². The fourth-order valence-corrected chi connectivity index (χ4v) is 3.29. The van der Waals surface area contributed by atoms with E-state index in [1.165, 1.54) is 0 Å². The molecular weight excluding hydrogens is 401 g/mol. The zero-order valence-corrected chi connectivity index (χ0v) is 12.8. The summed E-state index contributed by atoms with van der Waals surface area (Å²) < 4.78 is 125. The Balaban J connectivity index is 3.41. The van der Waals surface area contributed by atoms with Crippen molar-refractivity contribution in [3.05, 3.63) is 29.3 Å². The monoisotopic (exact) mass is 407 g/mol. The maximum absolute atomic E-state index is 12.8. The van der Waals surface area contributed by atoms with Gasteiger partial charge in [0.25, 0.3) is 0 Å². The van der Waals surface area contributed by atoms with Gasteiger partial charge in [0.15, 0.2) is 4.90 Å². The van der Waals surface area contributed by atoms with E-state index < -0.39 is 61.1 Å². The summed E-state index contributed by atoms with van der Waals surface area (Å²) >= 11 is -4.54. The van der Waals surface area contributed by atoms with Crippen LogP contribution in [0.3, 0.4) is 0 Å². The van der Waals surface area contributed by atoms with Gasteiger partial charge in [-0.1, -0.05) is 0 Å². The van der Waals surface area contributed by atoms with Gasteiger partial charge in [-0.2, -0.15) is 39.5 Å². The predicted molar refractivity (Wildman–Crippen MR) is 65.3 cm³/mol. The van der Waals surface area contributed by atoms with Crippen molar-refractivity contribution >= 4 is 23.3 Å². The van der Waals surface area contributed by atoms with Crippen molar-refractivity contribution in [1.29, 1.82) is 0 Å². The number of nitrogens with zero attached hydrogens (tertiary/aromatic N) is 1. The van der Waals surface area contributed by atoms with Crippen LogP contribution in [-0.4, -0.2) is 21.0 Å². The van der Waals surface area contributed by atoms with E-state index in [2.05, 4.69) is 4.84 Å². The third kappa shape index (κ3) is 5.61. The molecule has 0 aliphatic rings. The molecule has 0 saturated heterocycles. The molecule has 3 nitrogen and oxygen atoms in total. The lowest BCUT2D eigenvalue weighted by atomic mass is 10.1. The Bertz CT molecular complexity index is 573. The van der Waals surface area contributed by atoms with E-state index in [9.17, 15) is 44.1 Å². The average molecular weight is 407 g/mol. The Morgan fingerprint density at radius 1 is 1.00 bits per heavy atom. The quantitative estimate of drug-likeness (QED) is 0.312. The SMILES string of the molecule is CON(SC(F)(F)F)[S+]([O-])c1cc(C(F)(F)F)ccc1C(F)(F)F. The minimum atomic E-state index is -5.24. The predicted octanol–water partition coefficient (Wildman–Crippen LogP) is 4.78. The molecule has 24 heavy (non-hydrogen) atoms. The van der Waals surface area contributed by atoms with Gasteiger partial charge in [-0.15, -0.1) is 0 Å². The Morgan fingerprint density at radius 2 is 1.54 bits per heavy atom. The molecule has 0 amide bonds. The van der Waals surface area contributed by atoms with Crippen LogP contribution in [0.15, 0.2) is 23.1 Å². The average Bonchev–Trinajstić information content (AvgIpc) is 2.40. The molecule has 0 radical (unpaired) electrons. The van der Waals surface area contributed by atoms with Crippen molar-refractivity contribution in [2.24, 2.45) is 0 Å². The second kappa shape index (κ2) is 7.19. The van der Waals surface area contributed by atoms with Crippen molar-refractivity contribution in [2.75, 3.05) is 7.11 Å². The lowest BCUT2D eigenvalue weighted by molar-refractivity contribution is -0.143. The van der Waals surface area contributed by atoms with Crippen LogP contribution in [0.4, 0.5) is 39.5 Å². The zero-order chi connectivity index (χ0) is 18.9. The van der Waals surface area contributed by atoms with Crippen molar-refractivity contribution in [1.82, 2.24) is 3.87 Å². The molecular formula is C10H6F9NO2S2. The highest BCUT2D eigenvalue weighted by Crippen LogP contribution is 2.42. The number of hydrogen-bond acceptors (Lipinski definition) is 4. The van der Waals surface area contributed by atoms with Crippen LogP contribution in [0.25, 0.3) is 0 Å². The number of alkyl halides is 9. The first-order valence-electron chi connectivity index (χ1n) is 5.47. The zero-order valence-electron chi connectivity index (χ0n) is 11.2. The number of halogens is 9. The molecule has 1 aromatic carbocycles. The second-order valence-electron chi connectivity index (χ2n) is 3.90. The van der Waals surface area contributed by atoms with Gasteiger partial charge in [-0.3, -0.25) is 4.84 Å². The lowest BCUT2D eigenvalue weighted by Crippen LogP contribution is -2.29. The molecule has 1 rings (SSSR count). The van der Waals surface area contributed by atoms with Crippen LogP contribution in [-0.2, 0) is 28.6 Å². The van der Waals surface area contributed by atoms with Crippen molar-refractivity contribution in [3.8, 4) is 0 Å². The molecule has 0 heterocycles. The molecule has 1 unspecified atom stereocenters. The van der Waals surface area contributed by atoms with Gasteiger partial charge in [0.2, 0.25) is 0 Å². The van der Waals surface area contributed by atoms with Crippen LogP contribution >= 0.6 is 11.9 Å². The Kier molecular flexibility index (Phi) is 6.36. The number of hydrogen-bond donors (Lipinski definition) is 0. The molecule has 1 atom stereocenters. The molecule has 0 aromatic heterocycles. The topological polar surface area (TPSA) is 35.5 Å². The molecule has 0 N–H and O–H groups in total. The summed E-state index contributed by atoms with van der Waals surface area (Å²) in [6, 6.07) is -0.0678. The first-order chi connectivity index (χ1) is 10.7. The van der Waals surface area contributed by atoms with E-state index in [1.807, 2.05) is 0 Å². The maximum atomic E-state index is 12.8. The fourth-order valence-electron chi connectivity index (χ4n) is 1.38. The van der Waals surface area contributed by atoms with Gasteiger partial charge in [-0.05, 0) is 12.1 Å². The highest BCUT2D eigenvalue weighted by atomic mass is 32.3. The molecule has 14 heteroatoms. The van der Waals surface area contributed by atoms with Crippen molar-refractivity contribution in [2.45, 2.75) is 22.8 Å². The standard InChI is InChI=1S/C10H6F9NO2S2/c1-22-20(23-10(17,18)19)24(21)7-4-5(8(11,12)13)2-3-6(7)9(14,15)16/h2-4H,1H3. The molecule has 1 aromatic rings. The molecule has 0 aliphatic carbocycles. The summed E-state index contributed by atoms with van der Waals surface area (Å²) in [5, 5.41) is 0. The van der Waals surface area contributed by atoms with Crippen LogP contribution < -0.4 is 0 Å². The van der Waals surface area contributed by atoms with E-state index in [4.69, 9.17) is 0 Å². The lowest BCUT2D eigenvalue weighted by Gasteiger charge is -2.23. The highest BCUT2D eigenvalue weighted by molar-refractivity contribution is 8.08. The maximum Gasteiger partial charge on any atom is 0.462 e. The number of benzene rings is 1. The fraction of sp³-hybridized carbons (Fsp3) is 0.400. The van der Waals surface area contributed by atoms with Gasteiger partial charge in [-0.25, -0.2) is 0 Å². The first-order valence-corrected chi connectivity index (χ1v) is 7.35. The minimum Gasteiger partial charge on any atom is -0.590 e. The van der Waals surface area contributed by atoms with Gasteiger partial charge < -0.3 is 4.55 Å². The minimum absolute atomic E-state index is 0.0118. The smallest absolute Gasteiger partial charge is 0.462 e. The van der Waals surface area contributed by atoms with E-state index in [-0.39, 0.29) is 18.2 Å². The highest BCUT2D eigenvalue weighted by Gasteiger charge is 2.45. The Morgan fingerprint density at radius 3 is 1.92 bits per heavy atom. The summed E-state index contributed by atoms with van der Waals surface area (Å²) in [6.45, 7) is 0. The third-order valence-corrected chi connectivity index (χ3v) is 4.53. The number of rotatable bonds is 4.